The largest absolute Gasteiger partial charge is 0.494 e. The quantitative estimate of drug-likeness (QED) is 0.763. The summed E-state index contributed by atoms with van der Waals surface area (Å²) in [6.45, 7) is 4.26. The zero-order valence-electron chi connectivity index (χ0n) is 12.9. The average molecular weight is 329 g/mol. The third-order valence-electron chi connectivity index (χ3n) is 3.75. The number of hydrogen-bond donors (Lipinski definition) is 0. The van der Waals surface area contributed by atoms with Gasteiger partial charge in [0.25, 0.3) is 0 Å². The molecule has 1 aromatic carbocycles. The summed E-state index contributed by atoms with van der Waals surface area (Å²) >= 11 is 1.65. The van der Waals surface area contributed by atoms with Crippen LogP contribution in [0.5, 0.6) is 5.75 Å². The Balaban J connectivity index is 1.39. The maximum Gasteiger partial charge on any atom is 0.123 e. The van der Waals surface area contributed by atoms with Gasteiger partial charge in [-0.1, -0.05) is 0 Å². The molecular weight excluding hydrogens is 310 g/mol. The van der Waals surface area contributed by atoms with Crippen LogP contribution < -0.4 is 4.74 Å². The van der Waals surface area contributed by atoms with Crippen LogP contribution in [0.25, 0.3) is 0 Å². The third-order valence-corrected chi connectivity index (χ3v) is 4.62. The molecule has 0 aliphatic carbocycles. The van der Waals surface area contributed by atoms with Crippen LogP contribution in [-0.4, -0.2) is 42.7 Å². The Morgan fingerprint density at radius 2 is 2.26 bits per heavy atom. The van der Waals surface area contributed by atoms with E-state index in [-0.39, 0.29) is 6.10 Å². The Morgan fingerprint density at radius 1 is 1.39 bits per heavy atom. The number of hydrogen-bond acceptors (Lipinski definition) is 6. The molecule has 0 unspecified atom stereocenters. The van der Waals surface area contributed by atoms with Crippen molar-refractivity contribution in [2.24, 2.45) is 0 Å². The fourth-order valence-corrected chi connectivity index (χ4v) is 3.23. The van der Waals surface area contributed by atoms with Crippen molar-refractivity contribution in [2.75, 3.05) is 32.8 Å². The highest BCUT2D eigenvalue weighted by molar-refractivity contribution is 7.09. The number of nitrogens with zero attached hydrogens (tertiary/aromatic N) is 3. The molecule has 2 heterocycles. The Hall–Kier alpha value is -1.94. The number of rotatable bonds is 6. The van der Waals surface area contributed by atoms with Crippen molar-refractivity contribution in [3.05, 3.63) is 46.4 Å². The molecule has 120 valence electrons. The molecule has 1 fully saturated rings. The fraction of sp³-hybridized carbons (Fsp3) is 0.412. The molecule has 1 aromatic heterocycles. The molecule has 3 rings (SSSR count). The number of nitriles is 1. The monoisotopic (exact) mass is 329 g/mol. The number of ether oxygens (including phenoxy) is 2. The van der Waals surface area contributed by atoms with Crippen molar-refractivity contribution < 1.29 is 9.47 Å². The van der Waals surface area contributed by atoms with Crippen LogP contribution in [0.2, 0.25) is 0 Å². The van der Waals surface area contributed by atoms with E-state index in [1.54, 1.807) is 23.5 Å². The first-order chi connectivity index (χ1) is 11.3. The smallest absolute Gasteiger partial charge is 0.123 e. The number of aromatic nitrogens is 1. The molecule has 1 atom stereocenters. The van der Waals surface area contributed by atoms with Crippen molar-refractivity contribution in [1.29, 1.82) is 5.26 Å². The molecule has 6 heteroatoms. The van der Waals surface area contributed by atoms with Crippen molar-refractivity contribution >= 4 is 11.3 Å². The second-order valence-corrected chi connectivity index (χ2v) is 6.29. The summed E-state index contributed by atoms with van der Waals surface area (Å²) in [5.74, 6) is 0.812. The Bertz CT molecular complexity index is 637. The molecule has 0 bridgehead atoms. The van der Waals surface area contributed by atoms with E-state index in [2.05, 4.69) is 16.0 Å². The van der Waals surface area contributed by atoms with Gasteiger partial charge in [0.1, 0.15) is 16.9 Å². The highest BCUT2D eigenvalue weighted by Crippen LogP contribution is 2.23. The first-order valence-electron chi connectivity index (χ1n) is 7.71. The lowest BCUT2D eigenvalue weighted by Crippen LogP contribution is -2.39. The Labute approximate surface area is 140 Å². The molecule has 5 nitrogen and oxygen atoms in total. The minimum Gasteiger partial charge on any atom is -0.494 e. The first kappa shape index (κ1) is 15.9. The Kier molecular flexibility index (Phi) is 5.59. The molecule has 0 N–H and O–H groups in total. The second kappa shape index (κ2) is 8.06. The van der Waals surface area contributed by atoms with Gasteiger partial charge >= 0.3 is 0 Å². The van der Waals surface area contributed by atoms with E-state index in [9.17, 15) is 0 Å². The predicted molar refractivity (Wildman–Crippen MR) is 88.5 cm³/mol. The molecular formula is C17H19N3O2S. The van der Waals surface area contributed by atoms with E-state index < -0.39 is 0 Å². The zero-order chi connectivity index (χ0) is 15.9. The lowest BCUT2D eigenvalue weighted by atomic mass is 10.2. The van der Waals surface area contributed by atoms with Crippen molar-refractivity contribution in [2.45, 2.75) is 12.5 Å². The predicted octanol–water partition coefficient (Wildman–Crippen LogP) is 2.86. The van der Waals surface area contributed by atoms with Crippen LogP contribution in [0.15, 0.2) is 35.8 Å². The number of thiazole rings is 1. The zero-order valence-corrected chi connectivity index (χ0v) is 13.7. The van der Waals surface area contributed by atoms with E-state index in [0.717, 1.165) is 43.4 Å². The lowest BCUT2D eigenvalue weighted by Gasteiger charge is -2.31. The van der Waals surface area contributed by atoms with Crippen LogP contribution in [-0.2, 0) is 4.74 Å². The van der Waals surface area contributed by atoms with Crippen LogP contribution in [0.4, 0.5) is 0 Å². The summed E-state index contributed by atoms with van der Waals surface area (Å²) < 4.78 is 11.5. The van der Waals surface area contributed by atoms with Gasteiger partial charge in [-0.2, -0.15) is 5.26 Å². The molecule has 1 saturated heterocycles. The van der Waals surface area contributed by atoms with Gasteiger partial charge in [-0.15, -0.1) is 11.3 Å². The minimum absolute atomic E-state index is 0.100. The molecule has 0 amide bonds. The van der Waals surface area contributed by atoms with Crippen LogP contribution in [0, 0.1) is 11.3 Å². The highest BCUT2D eigenvalue weighted by Gasteiger charge is 2.23. The second-order valence-electron chi connectivity index (χ2n) is 5.37. The van der Waals surface area contributed by atoms with Crippen molar-refractivity contribution in [3.63, 3.8) is 0 Å². The van der Waals surface area contributed by atoms with Gasteiger partial charge in [0, 0.05) is 31.2 Å². The number of morpholine rings is 1. The SMILES string of the molecule is N#Cc1ccc(OCCCN2CCO[C@H](c3nccs3)C2)cc1. The minimum atomic E-state index is 0.100. The van der Waals surface area contributed by atoms with Gasteiger partial charge in [-0.3, -0.25) is 4.90 Å². The molecule has 1 aliphatic rings. The highest BCUT2D eigenvalue weighted by atomic mass is 32.1. The maximum atomic E-state index is 8.77. The molecule has 2 aromatic rings. The normalized spacial score (nSPS) is 18.5. The third kappa shape index (κ3) is 4.52. The summed E-state index contributed by atoms with van der Waals surface area (Å²) in [7, 11) is 0. The van der Waals surface area contributed by atoms with Gasteiger partial charge in [0.05, 0.1) is 24.8 Å². The summed E-state index contributed by atoms with van der Waals surface area (Å²) in [4.78, 5) is 6.74. The van der Waals surface area contributed by atoms with E-state index in [1.807, 2.05) is 23.7 Å². The molecule has 0 radical (unpaired) electrons. The van der Waals surface area contributed by atoms with Gasteiger partial charge in [0.2, 0.25) is 0 Å². The average Bonchev–Trinajstić information content (AvgIpc) is 3.14. The van der Waals surface area contributed by atoms with Crippen LogP contribution in [0.3, 0.4) is 0 Å². The van der Waals surface area contributed by atoms with E-state index >= 15 is 0 Å². The standard InChI is InChI=1S/C17H19N3O2S/c18-12-14-2-4-15(5-3-14)21-9-1-7-20-8-10-22-16(13-20)17-19-6-11-23-17/h2-6,11,16H,1,7-10,13H2/t16-/m0/s1. The molecule has 23 heavy (non-hydrogen) atoms. The maximum absolute atomic E-state index is 8.77. The summed E-state index contributed by atoms with van der Waals surface area (Å²) in [5, 5.41) is 11.8. The van der Waals surface area contributed by atoms with Crippen molar-refractivity contribution in [1.82, 2.24) is 9.88 Å². The molecule has 0 spiro atoms. The lowest BCUT2D eigenvalue weighted by molar-refractivity contribution is -0.0310. The van der Waals surface area contributed by atoms with E-state index in [1.165, 1.54) is 0 Å². The van der Waals surface area contributed by atoms with Gasteiger partial charge in [-0.05, 0) is 30.7 Å². The van der Waals surface area contributed by atoms with Crippen molar-refractivity contribution in [3.8, 4) is 11.8 Å². The fourth-order valence-electron chi connectivity index (χ4n) is 2.55. The van der Waals surface area contributed by atoms with E-state index in [0.29, 0.717) is 12.2 Å². The summed E-state index contributed by atoms with van der Waals surface area (Å²) in [5.41, 5.74) is 0.652. The molecule has 0 saturated carbocycles. The van der Waals surface area contributed by atoms with Crippen LogP contribution in [0.1, 0.15) is 23.1 Å². The van der Waals surface area contributed by atoms with Gasteiger partial charge in [-0.25, -0.2) is 4.98 Å². The Morgan fingerprint density at radius 3 is 3.00 bits per heavy atom. The topological polar surface area (TPSA) is 58.4 Å². The van der Waals surface area contributed by atoms with Gasteiger partial charge < -0.3 is 9.47 Å². The summed E-state index contributed by atoms with van der Waals surface area (Å²) in [6.07, 6.45) is 2.89. The summed E-state index contributed by atoms with van der Waals surface area (Å²) in [6, 6.07) is 9.33. The van der Waals surface area contributed by atoms with E-state index in [4.69, 9.17) is 14.7 Å². The van der Waals surface area contributed by atoms with Gasteiger partial charge in [0.15, 0.2) is 0 Å². The first-order valence-corrected chi connectivity index (χ1v) is 8.59. The number of benzene rings is 1. The van der Waals surface area contributed by atoms with Crippen LogP contribution >= 0.6 is 11.3 Å². The molecule has 1 aliphatic heterocycles.